The maximum Gasteiger partial charge on any atom is 0.244 e. The fourth-order valence-electron chi connectivity index (χ4n) is 2.15. The van der Waals surface area contributed by atoms with Gasteiger partial charge in [0, 0.05) is 5.56 Å². The van der Waals surface area contributed by atoms with Crippen molar-refractivity contribution in [2.24, 2.45) is 5.10 Å². The van der Waals surface area contributed by atoms with Crippen molar-refractivity contribution in [1.29, 1.82) is 0 Å². The number of hydrogen-bond acceptors (Lipinski definition) is 4. The molecule has 0 spiro atoms. The number of carbonyl (C=O) groups is 1. The first-order valence-electron chi connectivity index (χ1n) is 6.99. The largest absolute Gasteiger partial charge is 0.454 e. The van der Waals surface area contributed by atoms with Gasteiger partial charge < -0.3 is 9.47 Å². The Morgan fingerprint density at radius 1 is 1.14 bits per heavy atom. The van der Waals surface area contributed by atoms with Crippen LogP contribution in [0, 0.1) is 0 Å². The molecule has 3 rings (SSSR count). The van der Waals surface area contributed by atoms with E-state index in [0.29, 0.717) is 17.9 Å². The van der Waals surface area contributed by atoms with E-state index in [1.54, 1.807) is 0 Å². The highest BCUT2D eigenvalue weighted by molar-refractivity contribution is 5.99. The van der Waals surface area contributed by atoms with Crippen LogP contribution in [0.3, 0.4) is 0 Å². The second-order valence-electron chi connectivity index (χ2n) is 4.96. The molecule has 0 unspecified atom stereocenters. The lowest BCUT2D eigenvalue weighted by atomic mass is 10.1. The fourth-order valence-corrected chi connectivity index (χ4v) is 2.15. The maximum atomic E-state index is 11.9. The molecule has 0 saturated carbocycles. The third-order valence-electron chi connectivity index (χ3n) is 3.35. The average molecular weight is 296 g/mol. The zero-order valence-corrected chi connectivity index (χ0v) is 12.2. The quantitative estimate of drug-likeness (QED) is 0.696. The number of fused-ring (bicyclic) bond motifs is 1. The van der Waals surface area contributed by atoms with E-state index in [-0.39, 0.29) is 12.7 Å². The summed E-state index contributed by atoms with van der Waals surface area (Å²) < 4.78 is 10.6. The first-order valence-corrected chi connectivity index (χ1v) is 6.99. The number of rotatable bonds is 4. The van der Waals surface area contributed by atoms with E-state index in [0.717, 1.165) is 16.9 Å². The number of amides is 1. The van der Waals surface area contributed by atoms with E-state index in [2.05, 4.69) is 10.5 Å². The van der Waals surface area contributed by atoms with Gasteiger partial charge in [-0.05, 0) is 30.7 Å². The van der Waals surface area contributed by atoms with Gasteiger partial charge in [0.15, 0.2) is 11.5 Å². The monoisotopic (exact) mass is 296 g/mol. The summed E-state index contributed by atoms with van der Waals surface area (Å²) in [5, 5.41) is 4.14. The fraction of sp³-hybridized carbons (Fsp3) is 0.176. The molecular formula is C17H16N2O3. The van der Waals surface area contributed by atoms with Crippen LogP contribution in [0.15, 0.2) is 53.6 Å². The van der Waals surface area contributed by atoms with Gasteiger partial charge >= 0.3 is 0 Å². The zero-order valence-electron chi connectivity index (χ0n) is 12.2. The Balaban J connectivity index is 1.63. The molecule has 0 aliphatic carbocycles. The Bertz CT molecular complexity index is 711. The summed E-state index contributed by atoms with van der Waals surface area (Å²) in [6.07, 6.45) is 0.304. The maximum absolute atomic E-state index is 11.9. The molecule has 0 saturated heterocycles. The smallest absolute Gasteiger partial charge is 0.244 e. The van der Waals surface area contributed by atoms with Gasteiger partial charge in [-0.2, -0.15) is 5.10 Å². The Morgan fingerprint density at radius 3 is 2.73 bits per heavy atom. The van der Waals surface area contributed by atoms with Crippen LogP contribution in [0.2, 0.25) is 0 Å². The summed E-state index contributed by atoms with van der Waals surface area (Å²) in [7, 11) is 0. The number of ether oxygens (including phenoxy) is 2. The second-order valence-corrected chi connectivity index (χ2v) is 4.96. The third-order valence-corrected chi connectivity index (χ3v) is 3.35. The first-order chi connectivity index (χ1) is 10.7. The Hall–Kier alpha value is -2.82. The lowest BCUT2D eigenvalue weighted by Gasteiger charge is -2.04. The van der Waals surface area contributed by atoms with Crippen molar-refractivity contribution in [1.82, 2.24) is 5.43 Å². The molecule has 2 aromatic carbocycles. The van der Waals surface area contributed by atoms with Gasteiger partial charge in [-0.1, -0.05) is 30.3 Å². The van der Waals surface area contributed by atoms with Crippen molar-refractivity contribution in [3.05, 3.63) is 59.7 Å². The summed E-state index contributed by atoms with van der Waals surface area (Å²) in [6.45, 7) is 2.07. The molecule has 1 N–H and O–H groups in total. The summed E-state index contributed by atoms with van der Waals surface area (Å²) >= 11 is 0. The molecule has 0 fully saturated rings. The molecule has 1 heterocycles. The lowest BCUT2D eigenvalue weighted by Crippen LogP contribution is -2.21. The molecule has 5 heteroatoms. The predicted molar refractivity (Wildman–Crippen MR) is 83.1 cm³/mol. The van der Waals surface area contributed by atoms with Crippen LogP contribution in [0.25, 0.3) is 0 Å². The first kappa shape index (κ1) is 14.1. The van der Waals surface area contributed by atoms with E-state index in [1.807, 2.05) is 55.5 Å². The van der Waals surface area contributed by atoms with Crippen LogP contribution in [-0.2, 0) is 11.2 Å². The molecule has 5 nitrogen and oxygen atoms in total. The number of nitrogens with one attached hydrogen (secondary N) is 1. The van der Waals surface area contributed by atoms with E-state index >= 15 is 0 Å². The summed E-state index contributed by atoms with van der Waals surface area (Å²) in [5.41, 5.74) is 5.12. The number of hydrogen-bond donors (Lipinski definition) is 1. The molecular weight excluding hydrogens is 280 g/mol. The van der Waals surface area contributed by atoms with Crippen LogP contribution in [-0.4, -0.2) is 18.4 Å². The van der Waals surface area contributed by atoms with Crippen LogP contribution >= 0.6 is 0 Å². The SMILES string of the molecule is CC(=NNC(=O)Cc1ccccc1)c1ccc2c(c1)OCO2. The van der Waals surface area contributed by atoms with E-state index in [4.69, 9.17) is 9.47 Å². The minimum absolute atomic E-state index is 0.147. The minimum atomic E-state index is -0.147. The summed E-state index contributed by atoms with van der Waals surface area (Å²) in [6, 6.07) is 15.1. The standard InChI is InChI=1S/C17H16N2O3/c1-12(14-7-8-15-16(10-14)22-11-21-15)18-19-17(20)9-13-5-3-2-4-6-13/h2-8,10H,9,11H2,1H3,(H,19,20). The molecule has 22 heavy (non-hydrogen) atoms. The normalized spacial score (nSPS) is 13.0. The van der Waals surface area contributed by atoms with Crippen LogP contribution < -0.4 is 14.9 Å². The highest BCUT2D eigenvalue weighted by Gasteiger charge is 2.14. The van der Waals surface area contributed by atoms with Crippen molar-refractivity contribution in [3.63, 3.8) is 0 Å². The van der Waals surface area contributed by atoms with Crippen molar-refractivity contribution < 1.29 is 14.3 Å². The Kier molecular flexibility index (Phi) is 4.05. The van der Waals surface area contributed by atoms with Gasteiger partial charge in [0.25, 0.3) is 0 Å². The van der Waals surface area contributed by atoms with Crippen LogP contribution in [0.1, 0.15) is 18.1 Å². The number of benzene rings is 2. The summed E-state index contributed by atoms with van der Waals surface area (Å²) in [5.74, 6) is 1.28. The van der Waals surface area contributed by atoms with Crippen molar-refractivity contribution >= 4 is 11.6 Å². The molecule has 1 aliphatic rings. The molecule has 0 radical (unpaired) electrons. The molecule has 2 aromatic rings. The Morgan fingerprint density at radius 2 is 1.91 bits per heavy atom. The highest BCUT2D eigenvalue weighted by Crippen LogP contribution is 2.32. The van der Waals surface area contributed by atoms with E-state index in [1.165, 1.54) is 0 Å². The van der Waals surface area contributed by atoms with Gasteiger partial charge in [-0.15, -0.1) is 0 Å². The predicted octanol–water partition coefficient (Wildman–Crippen LogP) is 2.50. The van der Waals surface area contributed by atoms with E-state index < -0.39 is 0 Å². The molecule has 0 atom stereocenters. The van der Waals surface area contributed by atoms with Gasteiger partial charge in [0.1, 0.15) is 0 Å². The molecule has 1 aliphatic heterocycles. The summed E-state index contributed by atoms with van der Waals surface area (Å²) in [4.78, 5) is 11.9. The van der Waals surface area contributed by atoms with Crippen LogP contribution in [0.4, 0.5) is 0 Å². The topological polar surface area (TPSA) is 59.9 Å². The minimum Gasteiger partial charge on any atom is -0.454 e. The van der Waals surface area contributed by atoms with Gasteiger partial charge in [0.2, 0.25) is 12.7 Å². The second kappa shape index (κ2) is 6.30. The van der Waals surface area contributed by atoms with Crippen molar-refractivity contribution in [2.75, 3.05) is 6.79 Å². The number of hydrazone groups is 1. The van der Waals surface area contributed by atoms with Crippen LogP contribution in [0.5, 0.6) is 11.5 Å². The van der Waals surface area contributed by atoms with E-state index in [9.17, 15) is 4.79 Å². The molecule has 0 aromatic heterocycles. The average Bonchev–Trinajstić information content (AvgIpc) is 3.01. The van der Waals surface area contributed by atoms with Crippen molar-refractivity contribution in [2.45, 2.75) is 13.3 Å². The highest BCUT2D eigenvalue weighted by atomic mass is 16.7. The number of nitrogens with zero attached hydrogens (tertiary/aromatic N) is 1. The van der Waals surface area contributed by atoms with Gasteiger partial charge in [-0.25, -0.2) is 5.43 Å². The molecule has 1 amide bonds. The lowest BCUT2D eigenvalue weighted by molar-refractivity contribution is -0.120. The Labute approximate surface area is 128 Å². The number of carbonyl (C=O) groups excluding carboxylic acids is 1. The van der Waals surface area contributed by atoms with Gasteiger partial charge in [-0.3, -0.25) is 4.79 Å². The van der Waals surface area contributed by atoms with Crippen molar-refractivity contribution in [3.8, 4) is 11.5 Å². The van der Waals surface area contributed by atoms with Gasteiger partial charge in [0.05, 0.1) is 12.1 Å². The molecule has 112 valence electrons. The molecule has 0 bridgehead atoms. The third kappa shape index (κ3) is 3.25. The zero-order chi connectivity index (χ0) is 15.4.